The van der Waals surface area contributed by atoms with E-state index in [-0.39, 0.29) is 0 Å². The zero-order chi connectivity index (χ0) is 22.9. The first-order valence-corrected chi connectivity index (χ1v) is 10.8. The lowest BCUT2D eigenvalue weighted by atomic mass is 10.1. The molecule has 32 heavy (non-hydrogen) atoms. The molecule has 0 aliphatic heterocycles. The van der Waals surface area contributed by atoms with Crippen LogP contribution in [0.3, 0.4) is 0 Å². The van der Waals surface area contributed by atoms with Crippen LogP contribution >= 0.6 is 0 Å². The van der Waals surface area contributed by atoms with E-state index in [1.807, 2.05) is 54.6 Å². The van der Waals surface area contributed by atoms with Crippen molar-refractivity contribution in [1.82, 2.24) is 0 Å². The Hall–Kier alpha value is -3.60. The topological polar surface area (TPSA) is 62.8 Å². The van der Waals surface area contributed by atoms with Gasteiger partial charge in [0.25, 0.3) is 0 Å². The van der Waals surface area contributed by atoms with E-state index in [1.165, 1.54) is 0 Å². The van der Waals surface area contributed by atoms with E-state index in [2.05, 4.69) is 36.6 Å². The van der Waals surface area contributed by atoms with E-state index in [1.54, 1.807) is 20.3 Å². The highest BCUT2D eigenvalue weighted by Gasteiger charge is 2.04. The molecule has 0 atom stereocenters. The third-order valence-electron chi connectivity index (χ3n) is 5.03. The maximum absolute atomic E-state index is 10.2. The van der Waals surface area contributed by atoms with Crippen LogP contribution in [0.1, 0.15) is 30.5 Å². The fourth-order valence-electron chi connectivity index (χ4n) is 3.19. The predicted molar refractivity (Wildman–Crippen MR) is 134 cm³/mol. The number of nitrogens with one attached hydrogen (secondary N) is 2. The van der Waals surface area contributed by atoms with Gasteiger partial charge in [0.1, 0.15) is 17.2 Å². The Balaban J connectivity index is 1.62. The molecule has 5 heteroatoms. The van der Waals surface area contributed by atoms with Gasteiger partial charge in [-0.15, -0.1) is 0 Å². The molecule has 0 spiro atoms. The summed E-state index contributed by atoms with van der Waals surface area (Å²) in [6.45, 7) is 5.78. The first-order chi connectivity index (χ1) is 15.5. The predicted octanol–water partition coefficient (Wildman–Crippen LogP) is 6.26. The summed E-state index contributed by atoms with van der Waals surface area (Å²) in [5.41, 5.74) is 4.95. The molecule has 3 aromatic rings. The minimum Gasteiger partial charge on any atom is -0.508 e. The standard InChI is InChI=1S/C27H32N2O3/c1-19(2)17-28-24-11-12-27(30)22(15-24)18-29-23-9-7-20(8-10-23)5-6-21-13-25(31-3)16-26(14-21)32-4/h5-16,19,28-30H,17-18H2,1-4H3/b6-5+. The average molecular weight is 433 g/mol. The molecule has 0 amide bonds. The second-order valence-electron chi connectivity index (χ2n) is 8.07. The Labute approximate surface area is 190 Å². The SMILES string of the molecule is COc1cc(/C=C/c2ccc(NCc3cc(NCC(C)C)ccc3O)cc2)cc(OC)c1. The number of rotatable bonds is 10. The summed E-state index contributed by atoms with van der Waals surface area (Å²) in [7, 11) is 3.29. The number of ether oxygens (including phenoxy) is 2. The average Bonchev–Trinajstić information content (AvgIpc) is 2.81. The summed E-state index contributed by atoms with van der Waals surface area (Å²) in [5.74, 6) is 2.37. The number of phenolic OH excluding ortho intramolecular Hbond substituents is 1. The smallest absolute Gasteiger partial charge is 0.123 e. The monoisotopic (exact) mass is 432 g/mol. The zero-order valence-corrected chi connectivity index (χ0v) is 19.2. The summed E-state index contributed by atoms with van der Waals surface area (Å²) in [6.07, 6.45) is 4.08. The van der Waals surface area contributed by atoms with Crippen molar-refractivity contribution in [2.24, 2.45) is 5.92 Å². The van der Waals surface area contributed by atoms with Crippen molar-refractivity contribution < 1.29 is 14.6 Å². The molecular weight excluding hydrogens is 400 g/mol. The van der Waals surface area contributed by atoms with Crippen LogP contribution in [-0.4, -0.2) is 25.9 Å². The molecule has 0 bridgehead atoms. The van der Waals surface area contributed by atoms with Crippen LogP contribution in [-0.2, 0) is 6.54 Å². The fourth-order valence-corrected chi connectivity index (χ4v) is 3.19. The van der Waals surface area contributed by atoms with Gasteiger partial charge in [0.2, 0.25) is 0 Å². The van der Waals surface area contributed by atoms with Gasteiger partial charge in [0, 0.05) is 36.1 Å². The van der Waals surface area contributed by atoms with Crippen molar-refractivity contribution in [1.29, 1.82) is 0 Å². The van der Waals surface area contributed by atoms with Gasteiger partial charge in [-0.1, -0.05) is 38.1 Å². The van der Waals surface area contributed by atoms with Crippen molar-refractivity contribution in [2.75, 3.05) is 31.4 Å². The quantitative estimate of drug-likeness (QED) is 0.261. The second-order valence-corrected chi connectivity index (χ2v) is 8.07. The molecule has 5 nitrogen and oxygen atoms in total. The van der Waals surface area contributed by atoms with Crippen LogP contribution in [0.5, 0.6) is 17.2 Å². The van der Waals surface area contributed by atoms with Gasteiger partial charge in [-0.25, -0.2) is 0 Å². The molecule has 3 aromatic carbocycles. The maximum atomic E-state index is 10.2. The third kappa shape index (κ3) is 6.71. The number of hydrogen-bond donors (Lipinski definition) is 3. The molecule has 0 unspecified atom stereocenters. The lowest BCUT2D eigenvalue weighted by Gasteiger charge is -2.13. The lowest BCUT2D eigenvalue weighted by molar-refractivity contribution is 0.394. The van der Waals surface area contributed by atoms with Gasteiger partial charge in [-0.3, -0.25) is 0 Å². The molecule has 3 N–H and O–H groups in total. The van der Waals surface area contributed by atoms with Crippen molar-refractivity contribution in [3.05, 3.63) is 77.4 Å². The lowest BCUT2D eigenvalue weighted by Crippen LogP contribution is -2.08. The van der Waals surface area contributed by atoms with Crippen LogP contribution < -0.4 is 20.1 Å². The zero-order valence-electron chi connectivity index (χ0n) is 19.2. The van der Waals surface area contributed by atoms with E-state index in [0.717, 1.165) is 46.1 Å². The number of phenols is 1. The Bertz CT molecular complexity index is 1020. The highest BCUT2D eigenvalue weighted by molar-refractivity contribution is 5.71. The van der Waals surface area contributed by atoms with Gasteiger partial charge in [-0.05, 0) is 59.5 Å². The van der Waals surface area contributed by atoms with Gasteiger partial charge in [0.05, 0.1) is 14.2 Å². The number of benzene rings is 3. The molecule has 0 fully saturated rings. The minimum atomic E-state index is 0.292. The number of hydrogen-bond acceptors (Lipinski definition) is 5. The first kappa shape index (κ1) is 23.1. The normalized spacial score (nSPS) is 11.0. The summed E-state index contributed by atoms with van der Waals surface area (Å²) < 4.78 is 10.6. The van der Waals surface area contributed by atoms with E-state index in [4.69, 9.17) is 9.47 Å². The van der Waals surface area contributed by atoms with Crippen molar-refractivity contribution >= 4 is 23.5 Å². The Morgan fingerprint density at radius 1 is 0.781 bits per heavy atom. The number of anilines is 2. The largest absolute Gasteiger partial charge is 0.508 e. The molecule has 0 heterocycles. The molecular formula is C27H32N2O3. The number of aromatic hydroxyl groups is 1. The van der Waals surface area contributed by atoms with Crippen molar-refractivity contribution in [3.63, 3.8) is 0 Å². The Kier molecular flexibility index (Phi) is 8.03. The van der Waals surface area contributed by atoms with E-state index >= 15 is 0 Å². The Morgan fingerprint density at radius 2 is 1.41 bits per heavy atom. The number of methoxy groups -OCH3 is 2. The molecule has 0 saturated heterocycles. The van der Waals surface area contributed by atoms with Crippen LogP contribution in [0.2, 0.25) is 0 Å². The van der Waals surface area contributed by atoms with Gasteiger partial charge in [0.15, 0.2) is 0 Å². The molecule has 0 aliphatic rings. The van der Waals surface area contributed by atoms with Gasteiger partial charge >= 0.3 is 0 Å². The van der Waals surface area contributed by atoms with Crippen LogP contribution in [0, 0.1) is 5.92 Å². The van der Waals surface area contributed by atoms with Gasteiger partial charge < -0.3 is 25.2 Å². The Morgan fingerprint density at radius 3 is 2.03 bits per heavy atom. The third-order valence-corrected chi connectivity index (χ3v) is 5.03. The molecule has 3 rings (SSSR count). The summed E-state index contributed by atoms with van der Waals surface area (Å²) in [6, 6.07) is 19.6. The van der Waals surface area contributed by atoms with Crippen LogP contribution in [0.4, 0.5) is 11.4 Å². The van der Waals surface area contributed by atoms with Crippen LogP contribution in [0.15, 0.2) is 60.7 Å². The summed E-state index contributed by atoms with van der Waals surface area (Å²) in [4.78, 5) is 0. The highest BCUT2D eigenvalue weighted by atomic mass is 16.5. The summed E-state index contributed by atoms with van der Waals surface area (Å²) >= 11 is 0. The minimum absolute atomic E-state index is 0.292. The fraction of sp³-hybridized carbons (Fsp3) is 0.259. The molecule has 0 aliphatic carbocycles. The molecule has 0 aromatic heterocycles. The van der Waals surface area contributed by atoms with E-state index in [9.17, 15) is 5.11 Å². The van der Waals surface area contributed by atoms with Gasteiger partial charge in [-0.2, -0.15) is 0 Å². The molecule has 0 saturated carbocycles. The van der Waals surface area contributed by atoms with E-state index < -0.39 is 0 Å². The highest BCUT2D eigenvalue weighted by Crippen LogP contribution is 2.25. The molecule has 168 valence electrons. The molecule has 0 radical (unpaired) electrons. The summed E-state index contributed by atoms with van der Waals surface area (Å²) in [5, 5.41) is 17.0. The van der Waals surface area contributed by atoms with Crippen molar-refractivity contribution in [2.45, 2.75) is 20.4 Å². The van der Waals surface area contributed by atoms with E-state index in [0.29, 0.717) is 18.2 Å². The van der Waals surface area contributed by atoms with Crippen LogP contribution in [0.25, 0.3) is 12.2 Å². The van der Waals surface area contributed by atoms with Crippen molar-refractivity contribution in [3.8, 4) is 17.2 Å². The second kappa shape index (κ2) is 11.1. The maximum Gasteiger partial charge on any atom is 0.123 e. The first-order valence-electron chi connectivity index (χ1n) is 10.8.